The monoisotopic (exact) mass is 252 g/mol. The van der Waals surface area contributed by atoms with E-state index in [4.69, 9.17) is 4.74 Å². The fraction of sp³-hybridized carbons (Fsp3) is 0.600. The summed E-state index contributed by atoms with van der Waals surface area (Å²) in [5, 5.41) is 0. The van der Waals surface area contributed by atoms with Gasteiger partial charge >= 0.3 is 5.97 Å². The lowest BCUT2D eigenvalue weighted by Crippen LogP contribution is -2.22. The topological polar surface area (TPSA) is 43.4 Å². The second-order valence-electron chi connectivity index (χ2n) is 5.50. The SMILES string of the molecule is C/C(C=O)=C\CC/C(C)=C/COC(=O)C(C)(C)C. The Balaban J connectivity index is 3.99. The molecule has 0 aliphatic rings. The Morgan fingerprint density at radius 3 is 2.28 bits per heavy atom. The molecule has 0 aliphatic heterocycles. The molecule has 0 atom stereocenters. The van der Waals surface area contributed by atoms with E-state index in [0.29, 0.717) is 6.61 Å². The van der Waals surface area contributed by atoms with E-state index in [9.17, 15) is 9.59 Å². The fourth-order valence-corrected chi connectivity index (χ4v) is 1.15. The van der Waals surface area contributed by atoms with Crippen LogP contribution >= 0.6 is 0 Å². The fourth-order valence-electron chi connectivity index (χ4n) is 1.15. The van der Waals surface area contributed by atoms with Crippen molar-refractivity contribution in [3.05, 3.63) is 23.3 Å². The molecular formula is C15H24O3. The quantitative estimate of drug-likeness (QED) is 0.315. The molecule has 0 amide bonds. The van der Waals surface area contributed by atoms with Gasteiger partial charge in [0.2, 0.25) is 0 Å². The summed E-state index contributed by atoms with van der Waals surface area (Å²) in [4.78, 5) is 21.9. The van der Waals surface area contributed by atoms with Crippen molar-refractivity contribution in [2.24, 2.45) is 5.41 Å². The van der Waals surface area contributed by atoms with Crippen LogP contribution in [-0.2, 0) is 14.3 Å². The summed E-state index contributed by atoms with van der Waals surface area (Å²) in [5.74, 6) is -0.191. The van der Waals surface area contributed by atoms with Crippen LogP contribution < -0.4 is 0 Å². The van der Waals surface area contributed by atoms with Crippen LogP contribution in [0.4, 0.5) is 0 Å². The van der Waals surface area contributed by atoms with E-state index in [1.165, 1.54) is 0 Å². The molecule has 0 aromatic carbocycles. The molecule has 0 bridgehead atoms. The first-order valence-electron chi connectivity index (χ1n) is 6.22. The lowest BCUT2D eigenvalue weighted by molar-refractivity contribution is -0.151. The number of esters is 1. The first-order chi connectivity index (χ1) is 8.27. The van der Waals surface area contributed by atoms with E-state index in [0.717, 1.165) is 30.3 Å². The van der Waals surface area contributed by atoms with Gasteiger partial charge in [-0.2, -0.15) is 0 Å². The van der Waals surface area contributed by atoms with E-state index >= 15 is 0 Å². The van der Waals surface area contributed by atoms with Crippen LogP contribution in [0.15, 0.2) is 23.3 Å². The van der Waals surface area contributed by atoms with E-state index < -0.39 is 5.41 Å². The van der Waals surface area contributed by atoms with Crippen molar-refractivity contribution in [1.29, 1.82) is 0 Å². The van der Waals surface area contributed by atoms with Crippen molar-refractivity contribution >= 4 is 12.3 Å². The molecule has 3 heteroatoms. The van der Waals surface area contributed by atoms with Gasteiger partial charge in [-0.25, -0.2) is 0 Å². The number of aldehydes is 1. The lowest BCUT2D eigenvalue weighted by atomic mass is 9.97. The number of hydrogen-bond acceptors (Lipinski definition) is 3. The van der Waals surface area contributed by atoms with Gasteiger partial charge in [0.15, 0.2) is 0 Å². The molecule has 0 aromatic rings. The molecule has 0 aromatic heterocycles. The van der Waals surface area contributed by atoms with Crippen LogP contribution in [0.25, 0.3) is 0 Å². The van der Waals surface area contributed by atoms with Gasteiger partial charge in [0.1, 0.15) is 12.9 Å². The van der Waals surface area contributed by atoms with Crippen LogP contribution in [0.3, 0.4) is 0 Å². The zero-order valence-corrected chi connectivity index (χ0v) is 12.1. The Kier molecular flexibility index (Phi) is 7.25. The standard InChI is InChI=1S/C15H24O3/c1-12(7-6-8-13(2)11-16)9-10-18-14(17)15(3,4)5/h8-9,11H,6-7,10H2,1-5H3/b12-9+,13-8+. The minimum absolute atomic E-state index is 0.191. The smallest absolute Gasteiger partial charge is 0.311 e. The van der Waals surface area contributed by atoms with Gasteiger partial charge in [0.05, 0.1) is 5.41 Å². The Morgan fingerprint density at radius 1 is 1.17 bits per heavy atom. The van der Waals surface area contributed by atoms with Crippen LogP contribution in [-0.4, -0.2) is 18.9 Å². The Hall–Kier alpha value is -1.38. The molecular weight excluding hydrogens is 228 g/mol. The molecule has 102 valence electrons. The molecule has 0 saturated carbocycles. The van der Waals surface area contributed by atoms with E-state index in [1.807, 2.05) is 39.8 Å². The van der Waals surface area contributed by atoms with Crippen molar-refractivity contribution in [2.75, 3.05) is 6.61 Å². The number of rotatable bonds is 6. The van der Waals surface area contributed by atoms with Crippen molar-refractivity contribution in [2.45, 2.75) is 47.5 Å². The predicted octanol–water partition coefficient (Wildman–Crippen LogP) is 3.45. The Morgan fingerprint density at radius 2 is 1.78 bits per heavy atom. The third-order valence-corrected chi connectivity index (χ3v) is 2.45. The highest BCUT2D eigenvalue weighted by atomic mass is 16.5. The second-order valence-corrected chi connectivity index (χ2v) is 5.50. The third kappa shape index (κ3) is 7.82. The van der Waals surface area contributed by atoms with Crippen LogP contribution in [0.1, 0.15) is 47.5 Å². The van der Waals surface area contributed by atoms with Gasteiger partial charge < -0.3 is 4.74 Å². The molecule has 0 heterocycles. The van der Waals surface area contributed by atoms with Crippen LogP contribution in [0.2, 0.25) is 0 Å². The van der Waals surface area contributed by atoms with E-state index in [-0.39, 0.29) is 5.97 Å². The number of carbonyl (C=O) groups is 2. The molecule has 0 saturated heterocycles. The van der Waals surface area contributed by atoms with Gasteiger partial charge in [-0.1, -0.05) is 11.6 Å². The minimum Gasteiger partial charge on any atom is -0.461 e. The molecule has 0 spiro atoms. The highest BCUT2D eigenvalue weighted by molar-refractivity contribution is 5.75. The van der Waals surface area contributed by atoms with Crippen molar-refractivity contribution in [3.8, 4) is 0 Å². The Bertz CT molecular complexity index is 343. The molecule has 0 rings (SSSR count). The van der Waals surface area contributed by atoms with Gasteiger partial charge in [-0.3, -0.25) is 9.59 Å². The zero-order chi connectivity index (χ0) is 14.2. The molecule has 3 nitrogen and oxygen atoms in total. The zero-order valence-electron chi connectivity index (χ0n) is 12.1. The maximum Gasteiger partial charge on any atom is 0.311 e. The molecule has 0 fully saturated rings. The Labute approximate surface area is 110 Å². The molecule has 0 aliphatic carbocycles. The third-order valence-electron chi connectivity index (χ3n) is 2.45. The summed E-state index contributed by atoms with van der Waals surface area (Å²) in [6, 6.07) is 0. The summed E-state index contributed by atoms with van der Waals surface area (Å²) >= 11 is 0. The van der Waals surface area contributed by atoms with Crippen LogP contribution in [0, 0.1) is 5.41 Å². The van der Waals surface area contributed by atoms with Gasteiger partial charge in [-0.05, 0) is 59.1 Å². The van der Waals surface area contributed by atoms with Crippen molar-refractivity contribution in [1.82, 2.24) is 0 Å². The minimum atomic E-state index is -0.453. The first kappa shape index (κ1) is 16.6. The molecule has 0 unspecified atom stereocenters. The predicted molar refractivity (Wildman–Crippen MR) is 73.2 cm³/mol. The molecule has 0 radical (unpaired) electrons. The average Bonchev–Trinajstić information content (AvgIpc) is 2.27. The number of hydrogen-bond donors (Lipinski definition) is 0. The normalized spacial score (nSPS) is 13.4. The molecule has 18 heavy (non-hydrogen) atoms. The van der Waals surface area contributed by atoms with Gasteiger partial charge in [-0.15, -0.1) is 0 Å². The highest BCUT2D eigenvalue weighted by Crippen LogP contribution is 2.15. The second kappa shape index (κ2) is 7.85. The van der Waals surface area contributed by atoms with Crippen LogP contribution in [0.5, 0.6) is 0 Å². The number of ether oxygens (including phenoxy) is 1. The summed E-state index contributed by atoms with van der Waals surface area (Å²) < 4.78 is 5.14. The highest BCUT2D eigenvalue weighted by Gasteiger charge is 2.22. The summed E-state index contributed by atoms with van der Waals surface area (Å²) in [6.07, 6.45) is 6.38. The van der Waals surface area contributed by atoms with Gasteiger partial charge in [0.25, 0.3) is 0 Å². The van der Waals surface area contributed by atoms with Crippen molar-refractivity contribution < 1.29 is 14.3 Å². The molecule has 0 N–H and O–H groups in total. The average molecular weight is 252 g/mol. The first-order valence-corrected chi connectivity index (χ1v) is 6.22. The van der Waals surface area contributed by atoms with Gasteiger partial charge in [0, 0.05) is 0 Å². The van der Waals surface area contributed by atoms with E-state index in [2.05, 4.69) is 0 Å². The largest absolute Gasteiger partial charge is 0.461 e. The lowest BCUT2D eigenvalue weighted by Gasteiger charge is -2.15. The maximum absolute atomic E-state index is 11.5. The van der Waals surface area contributed by atoms with E-state index in [1.54, 1.807) is 6.92 Å². The summed E-state index contributed by atoms with van der Waals surface area (Å²) in [6.45, 7) is 9.60. The summed E-state index contributed by atoms with van der Waals surface area (Å²) in [5.41, 5.74) is 1.46. The summed E-state index contributed by atoms with van der Waals surface area (Å²) in [7, 11) is 0. The maximum atomic E-state index is 11.5. The number of carbonyl (C=O) groups excluding carboxylic acids is 2. The van der Waals surface area contributed by atoms with Crippen molar-refractivity contribution in [3.63, 3.8) is 0 Å². The number of allylic oxidation sites excluding steroid dienone is 3.